The highest BCUT2D eigenvalue weighted by atomic mass is 32.2. The van der Waals surface area contributed by atoms with E-state index in [1.54, 1.807) is 36.4 Å². The lowest BCUT2D eigenvalue weighted by molar-refractivity contribution is 0.0730. The molecule has 1 amide bonds. The van der Waals surface area contributed by atoms with Crippen LogP contribution in [0.2, 0.25) is 0 Å². The highest BCUT2D eigenvalue weighted by molar-refractivity contribution is 7.89. The van der Waals surface area contributed by atoms with Crippen LogP contribution in [0.25, 0.3) is 0 Å². The molecule has 2 aromatic carbocycles. The number of anilines is 1. The molecule has 1 heterocycles. The van der Waals surface area contributed by atoms with Crippen molar-refractivity contribution in [3.8, 4) is 5.75 Å². The first kappa shape index (κ1) is 26.1. The van der Waals surface area contributed by atoms with Gasteiger partial charge in [-0.25, -0.2) is 8.42 Å². The summed E-state index contributed by atoms with van der Waals surface area (Å²) in [6, 6.07) is 13.1. The second kappa shape index (κ2) is 12.8. The smallest absolute Gasteiger partial charge is 0.257 e. The second-order valence-corrected chi connectivity index (χ2v) is 10.2. The van der Waals surface area contributed by atoms with E-state index in [1.807, 2.05) is 0 Å². The molecule has 1 aliphatic rings. The molecule has 0 unspecified atom stereocenters. The van der Waals surface area contributed by atoms with Gasteiger partial charge in [0.15, 0.2) is 5.11 Å². The number of thiocarbonyl (C=S) groups is 1. The summed E-state index contributed by atoms with van der Waals surface area (Å²) in [6.45, 7) is 4.28. The summed E-state index contributed by atoms with van der Waals surface area (Å²) in [5, 5.41) is 5.65. The van der Waals surface area contributed by atoms with Gasteiger partial charge in [-0.2, -0.15) is 4.31 Å². The first-order valence-corrected chi connectivity index (χ1v) is 13.3. The summed E-state index contributed by atoms with van der Waals surface area (Å²) in [4.78, 5) is 12.7. The number of nitrogens with one attached hydrogen (secondary N) is 2. The lowest BCUT2D eigenvalue weighted by atomic mass is 10.2. The van der Waals surface area contributed by atoms with E-state index in [1.165, 1.54) is 29.3 Å². The Bertz CT molecular complexity index is 1050. The van der Waals surface area contributed by atoms with Gasteiger partial charge in [0.1, 0.15) is 5.75 Å². The highest BCUT2D eigenvalue weighted by Gasteiger charge is 2.26. The Hall–Kier alpha value is -2.53. The molecule has 3 rings (SSSR count). The van der Waals surface area contributed by atoms with Crippen molar-refractivity contribution in [3.05, 3.63) is 54.1 Å². The van der Waals surface area contributed by atoms with Gasteiger partial charge < -0.3 is 14.8 Å². The van der Waals surface area contributed by atoms with Crippen molar-refractivity contribution >= 4 is 38.9 Å². The standard InChI is InChI=1S/C24H31N3O5S2/c1-2-3-4-5-16-32-21-10-6-19(7-11-21)23(28)26-24(33)25-20-8-12-22(13-9-20)34(29,30)27-14-17-31-18-15-27/h6-13H,2-5,14-18H2,1H3,(H2,25,26,28,33). The van der Waals surface area contributed by atoms with E-state index in [0.29, 0.717) is 44.2 Å². The third-order valence-corrected chi connectivity index (χ3v) is 7.45. The molecule has 1 saturated heterocycles. The van der Waals surface area contributed by atoms with Crippen molar-refractivity contribution in [2.24, 2.45) is 0 Å². The molecule has 8 nitrogen and oxygen atoms in total. The van der Waals surface area contributed by atoms with E-state index >= 15 is 0 Å². The van der Waals surface area contributed by atoms with Crippen LogP contribution in [0, 0.1) is 0 Å². The monoisotopic (exact) mass is 505 g/mol. The maximum atomic E-state index is 12.7. The summed E-state index contributed by atoms with van der Waals surface area (Å²) >= 11 is 5.23. The lowest BCUT2D eigenvalue weighted by Gasteiger charge is -2.26. The van der Waals surface area contributed by atoms with Gasteiger partial charge in [-0.3, -0.25) is 10.1 Å². The molecule has 0 spiro atoms. The fraction of sp³-hybridized carbons (Fsp3) is 0.417. The maximum absolute atomic E-state index is 12.7. The van der Waals surface area contributed by atoms with Crippen LogP contribution in [0.15, 0.2) is 53.4 Å². The molecular weight excluding hydrogens is 474 g/mol. The van der Waals surface area contributed by atoms with Crippen LogP contribution in [-0.4, -0.2) is 56.7 Å². The largest absolute Gasteiger partial charge is 0.494 e. The van der Waals surface area contributed by atoms with Gasteiger partial charge in [0.05, 0.1) is 24.7 Å². The highest BCUT2D eigenvalue weighted by Crippen LogP contribution is 2.19. The average Bonchev–Trinajstić information content (AvgIpc) is 2.85. The van der Waals surface area contributed by atoms with Crippen molar-refractivity contribution in [1.29, 1.82) is 0 Å². The van der Waals surface area contributed by atoms with Gasteiger partial charge in [-0.05, 0) is 67.2 Å². The molecule has 0 bridgehead atoms. The van der Waals surface area contributed by atoms with Gasteiger partial charge in [0.25, 0.3) is 5.91 Å². The molecule has 10 heteroatoms. The Balaban J connectivity index is 1.48. The first-order chi connectivity index (χ1) is 16.4. The number of benzene rings is 2. The van der Waals surface area contributed by atoms with Crippen LogP contribution < -0.4 is 15.4 Å². The number of amides is 1. The summed E-state index contributed by atoms with van der Waals surface area (Å²) in [7, 11) is -3.56. The molecule has 0 aliphatic carbocycles. The average molecular weight is 506 g/mol. The van der Waals surface area contributed by atoms with Crippen LogP contribution in [0.5, 0.6) is 5.75 Å². The minimum Gasteiger partial charge on any atom is -0.494 e. The van der Waals surface area contributed by atoms with E-state index in [2.05, 4.69) is 17.6 Å². The van der Waals surface area contributed by atoms with E-state index < -0.39 is 10.0 Å². The molecule has 2 aromatic rings. The zero-order valence-corrected chi connectivity index (χ0v) is 20.9. The maximum Gasteiger partial charge on any atom is 0.257 e. The Morgan fingerprint density at radius 1 is 1.03 bits per heavy atom. The van der Waals surface area contributed by atoms with Gasteiger partial charge in [-0.15, -0.1) is 0 Å². The molecular formula is C24H31N3O5S2. The normalized spacial score (nSPS) is 14.4. The topological polar surface area (TPSA) is 97.0 Å². The summed E-state index contributed by atoms with van der Waals surface area (Å²) in [5.74, 6) is 0.374. The summed E-state index contributed by atoms with van der Waals surface area (Å²) in [6.07, 6.45) is 4.54. The zero-order valence-electron chi connectivity index (χ0n) is 19.3. The van der Waals surface area contributed by atoms with Gasteiger partial charge in [0.2, 0.25) is 10.0 Å². The molecule has 0 saturated carbocycles. The fourth-order valence-corrected chi connectivity index (χ4v) is 5.02. The first-order valence-electron chi connectivity index (χ1n) is 11.4. The van der Waals surface area contributed by atoms with Crippen LogP contribution in [0.3, 0.4) is 0 Å². The number of carbonyl (C=O) groups excluding carboxylic acids is 1. The number of ether oxygens (including phenoxy) is 2. The number of morpholine rings is 1. The number of unbranched alkanes of at least 4 members (excludes halogenated alkanes) is 3. The van der Waals surface area contributed by atoms with Crippen molar-refractivity contribution < 1.29 is 22.7 Å². The Kier molecular flexibility index (Phi) is 9.82. The minimum atomic E-state index is -3.56. The number of carbonyl (C=O) groups is 1. The van der Waals surface area contributed by atoms with Crippen molar-refractivity contribution in [1.82, 2.24) is 9.62 Å². The number of hydrogen-bond acceptors (Lipinski definition) is 6. The fourth-order valence-electron chi connectivity index (χ4n) is 3.41. The molecule has 1 aliphatic heterocycles. The third kappa shape index (κ3) is 7.49. The van der Waals surface area contributed by atoms with Crippen LogP contribution in [-0.2, 0) is 14.8 Å². The van der Waals surface area contributed by atoms with Crippen molar-refractivity contribution in [2.45, 2.75) is 37.5 Å². The lowest BCUT2D eigenvalue weighted by Crippen LogP contribution is -2.40. The van der Waals surface area contributed by atoms with Crippen LogP contribution in [0.4, 0.5) is 5.69 Å². The molecule has 0 atom stereocenters. The zero-order chi connectivity index (χ0) is 24.4. The van der Waals surface area contributed by atoms with Gasteiger partial charge >= 0.3 is 0 Å². The van der Waals surface area contributed by atoms with Crippen molar-refractivity contribution in [2.75, 3.05) is 38.2 Å². The number of rotatable bonds is 10. The van der Waals surface area contributed by atoms with Crippen molar-refractivity contribution in [3.63, 3.8) is 0 Å². The molecule has 0 radical (unpaired) electrons. The second-order valence-electron chi connectivity index (χ2n) is 7.88. The number of sulfonamides is 1. The Morgan fingerprint density at radius 2 is 1.71 bits per heavy atom. The van der Waals surface area contributed by atoms with E-state index in [-0.39, 0.29) is 15.9 Å². The summed E-state index contributed by atoms with van der Waals surface area (Å²) in [5.41, 5.74) is 1.02. The molecule has 34 heavy (non-hydrogen) atoms. The van der Waals surface area contributed by atoms with Crippen LogP contribution >= 0.6 is 12.2 Å². The van der Waals surface area contributed by atoms with E-state index in [4.69, 9.17) is 21.7 Å². The van der Waals surface area contributed by atoms with Crippen LogP contribution in [0.1, 0.15) is 43.0 Å². The molecule has 2 N–H and O–H groups in total. The SMILES string of the molecule is CCCCCCOc1ccc(C(=O)NC(=S)Nc2ccc(S(=O)(=O)N3CCOCC3)cc2)cc1. The number of hydrogen-bond donors (Lipinski definition) is 2. The Labute approximate surface area is 206 Å². The predicted octanol–water partition coefficient (Wildman–Crippen LogP) is 3.79. The van der Waals surface area contributed by atoms with E-state index in [0.717, 1.165) is 18.6 Å². The Morgan fingerprint density at radius 3 is 2.35 bits per heavy atom. The third-order valence-electron chi connectivity index (χ3n) is 5.33. The predicted molar refractivity (Wildman–Crippen MR) is 136 cm³/mol. The number of nitrogens with zero attached hydrogens (tertiary/aromatic N) is 1. The van der Waals surface area contributed by atoms with Gasteiger partial charge in [0, 0.05) is 24.3 Å². The van der Waals surface area contributed by atoms with E-state index in [9.17, 15) is 13.2 Å². The molecule has 0 aromatic heterocycles. The molecule has 1 fully saturated rings. The summed E-state index contributed by atoms with van der Waals surface area (Å²) < 4.78 is 37.7. The minimum absolute atomic E-state index is 0.116. The molecule has 184 valence electrons. The quantitative estimate of drug-likeness (QED) is 0.375. The van der Waals surface area contributed by atoms with Gasteiger partial charge in [-0.1, -0.05) is 26.2 Å².